The summed E-state index contributed by atoms with van der Waals surface area (Å²) in [7, 11) is 3.58. The summed E-state index contributed by atoms with van der Waals surface area (Å²) in [6.45, 7) is 2.08. The Labute approximate surface area is 90.3 Å². The van der Waals surface area contributed by atoms with Gasteiger partial charge in [0.15, 0.2) is 0 Å². The maximum Gasteiger partial charge on any atom is 0.324 e. The Morgan fingerprint density at radius 1 is 1.40 bits per heavy atom. The first-order chi connectivity index (χ1) is 7.11. The molecule has 0 aromatic heterocycles. The van der Waals surface area contributed by atoms with Gasteiger partial charge in [-0.3, -0.25) is 4.90 Å². The van der Waals surface area contributed by atoms with Gasteiger partial charge in [0.25, 0.3) is 0 Å². The fourth-order valence-electron chi connectivity index (χ4n) is 2.07. The zero-order chi connectivity index (χ0) is 11.0. The Bertz CT molecular complexity index is 387. The Morgan fingerprint density at radius 3 is 2.73 bits per heavy atom. The molecule has 1 aliphatic rings. The smallest absolute Gasteiger partial charge is 0.324 e. The minimum absolute atomic E-state index is 0.0625. The van der Waals surface area contributed by atoms with E-state index in [1.807, 2.05) is 23.1 Å². The summed E-state index contributed by atoms with van der Waals surface area (Å²) in [5.41, 5.74) is 2.32. The fourth-order valence-corrected chi connectivity index (χ4v) is 2.07. The number of benzene rings is 1. The Morgan fingerprint density at radius 2 is 2.07 bits per heavy atom. The van der Waals surface area contributed by atoms with Crippen LogP contribution in [0, 0.1) is 0 Å². The summed E-state index contributed by atoms with van der Waals surface area (Å²) in [5.74, 6) is 0. The standard InChI is InChI=1S/C12H16N2O/c1-9-8-10-6-4-5-7-11(10)14(9)12(15)13(2)3/h4-7,9H,8H2,1-3H3. The van der Waals surface area contributed by atoms with Gasteiger partial charge in [0.1, 0.15) is 0 Å². The van der Waals surface area contributed by atoms with E-state index in [1.165, 1.54) is 5.56 Å². The first kappa shape index (κ1) is 10.0. The largest absolute Gasteiger partial charge is 0.330 e. The van der Waals surface area contributed by atoms with Crippen molar-refractivity contribution >= 4 is 11.7 Å². The number of amides is 2. The van der Waals surface area contributed by atoms with Crippen molar-refractivity contribution in [3.05, 3.63) is 29.8 Å². The van der Waals surface area contributed by atoms with E-state index in [0.29, 0.717) is 0 Å². The fraction of sp³-hybridized carbons (Fsp3) is 0.417. The molecule has 0 radical (unpaired) electrons. The summed E-state index contributed by atoms with van der Waals surface area (Å²) in [4.78, 5) is 15.5. The number of rotatable bonds is 0. The van der Waals surface area contributed by atoms with Gasteiger partial charge in [-0.15, -0.1) is 0 Å². The van der Waals surface area contributed by atoms with E-state index in [0.717, 1.165) is 12.1 Å². The minimum atomic E-state index is 0.0625. The van der Waals surface area contributed by atoms with Crippen molar-refractivity contribution in [1.82, 2.24) is 4.90 Å². The van der Waals surface area contributed by atoms with Crippen molar-refractivity contribution in [2.24, 2.45) is 0 Å². The molecule has 3 heteroatoms. The molecule has 0 fully saturated rings. The molecule has 0 N–H and O–H groups in total. The average Bonchev–Trinajstić information content (AvgIpc) is 2.52. The third-order valence-electron chi connectivity index (χ3n) is 2.80. The predicted molar refractivity (Wildman–Crippen MR) is 61.2 cm³/mol. The molecular weight excluding hydrogens is 188 g/mol. The highest BCUT2D eigenvalue weighted by Crippen LogP contribution is 2.32. The lowest BCUT2D eigenvalue weighted by molar-refractivity contribution is 0.222. The van der Waals surface area contributed by atoms with Crippen molar-refractivity contribution < 1.29 is 4.79 Å². The maximum atomic E-state index is 12.0. The Kier molecular flexibility index (Phi) is 2.39. The van der Waals surface area contributed by atoms with Crippen molar-refractivity contribution in [2.45, 2.75) is 19.4 Å². The summed E-state index contributed by atoms with van der Waals surface area (Å²) >= 11 is 0. The molecule has 1 aliphatic heterocycles. The molecule has 3 nitrogen and oxygen atoms in total. The highest BCUT2D eigenvalue weighted by Gasteiger charge is 2.31. The molecule has 1 aromatic rings. The van der Waals surface area contributed by atoms with E-state index in [4.69, 9.17) is 0 Å². The van der Waals surface area contributed by atoms with Gasteiger partial charge < -0.3 is 4.90 Å². The van der Waals surface area contributed by atoms with Gasteiger partial charge in [-0.05, 0) is 25.0 Å². The number of fused-ring (bicyclic) bond motifs is 1. The molecule has 15 heavy (non-hydrogen) atoms. The summed E-state index contributed by atoms with van der Waals surface area (Å²) < 4.78 is 0. The maximum absolute atomic E-state index is 12.0. The molecule has 1 unspecified atom stereocenters. The van der Waals surface area contributed by atoms with Crippen molar-refractivity contribution in [2.75, 3.05) is 19.0 Å². The van der Waals surface area contributed by atoms with Gasteiger partial charge in [-0.2, -0.15) is 0 Å². The second-order valence-electron chi connectivity index (χ2n) is 4.23. The van der Waals surface area contributed by atoms with E-state index in [2.05, 4.69) is 13.0 Å². The monoisotopic (exact) mass is 204 g/mol. The molecule has 0 saturated carbocycles. The van der Waals surface area contributed by atoms with Crippen molar-refractivity contribution in [3.63, 3.8) is 0 Å². The van der Waals surface area contributed by atoms with E-state index >= 15 is 0 Å². The quantitative estimate of drug-likeness (QED) is 0.635. The van der Waals surface area contributed by atoms with Crippen LogP contribution in [0.25, 0.3) is 0 Å². The third-order valence-corrected chi connectivity index (χ3v) is 2.80. The summed E-state index contributed by atoms with van der Waals surface area (Å²) in [6.07, 6.45) is 0.954. The topological polar surface area (TPSA) is 23.6 Å². The van der Waals surface area contributed by atoms with E-state index < -0.39 is 0 Å². The third kappa shape index (κ3) is 1.58. The number of anilines is 1. The number of hydrogen-bond acceptors (Lipinski definition) is 1. The number of nitrogens with zero attached hydrogens (tertiary/aromatic N) is 2. The molecule has 0 spiro atoms. The van der Waals surface area contributed by atoms with Crippen LogP contribution in [0.3, 0.4) is 0 Å². The van der Waals surface area contributed by atoms with Crippen LogP contribution in [-0.2, 0) is 6.42 Å². The second-order valence-corrected chi connectivity index (χ2v) is 4.23. The normalized spacial score (nSPS) is 18.9. The van der Waals surface area contributed by atoms with Crippen LogP contribution >= 0.6 is 0 Å². The molecule has 2 rings (SSSR count). The Hall–Kier alpha value is -1.51. The van der Waals surface area contributed by atoms with Crippen LogP contribution in [0.4, 0.5) is 10.5 Å². The van der Waals surface area contributed by atoms with Gasteiger partial charge in [0.05, 0.1) is 0 Å². The highest BCUT2D eigenvalue weighted by atomic mass is 16.2. The number of hydrogen-bond donors (Lipinski definition) is 0. The summed E-state index contributed by atoms with van der Waals surface area (Å²) in [6, 6.07) is 8.43. The van der Waals surface area contributed by atoms with Gasteiger partial charge in [0, 0.05) is 25.8 Å². The molecule has 0 bridgehead atoms. The van der Waals surface area contributed by atoms with Crippen LogP contribution in [-0.4, -0.2) is 31.1 Å². The molecule has 2 amide bonds. The molecule has 80 valence electrons. The van der Waals surface area contributed by atoms with E-state index in [-0.39, 0.29) is 12.1 Å². The van der Waals surface area contributed by atoms with Gasteiger partial charge >= 0.3 is 6.03 Å². The second kappa shape index (κ2) is 3.57. The zero-order valence-corrected chi connectivity index (χ0v) is 9.40. The SMILES string of the molecule is CC1Cc2ccccc2N1C(=O)N(C)C. The minimum Gasteiger partial charge on any atom is -0.330 e. The van der Waals surface area contributed by atoms with E-state index in [1.54, 1.807) is 19.0 Å². The number of para-hydroxylation sites is 1. The number of urea groups is 1. The molecule has 1 atom stereocenters. The predicted octanol–water partition coefficient (Wildman–Crippen LogP) is 2.12. The lowest BCUT2D eigenvalue weighted by atomic mass is 10.1. The van der Waals surface area contributed by atoms with Crippen LogP contribution in [0.1, 0.15) is 12.5 Å². The molecule has 0 saturated heterocycles. The number of carbonyl (C=O) groups excluding carboxylic acids is 1. The highest BCUT2D eigenvalue weighted by molar-refractivity contribution is 5.94. The lowest BCUT2D eigenvalue weighted by Crippen LogP contribution is -2.42. The van der Waals surface area contributed by atoms with Crippen LogP contribution in [0.5, 0.6) is 0 Å². The van der Waals surface area contributed by atoms with Crippen molar-refractivity contribution in [1.29, 1.82) is 0 Å². The molecular formula is C12H16N2O. The zero-order valence-electron chi connectivity index (χ0n) is 9.40. The first-order valence-corrected chi connectivity index (χ1v) is 5.19. The van der Waals surface area contributed by atoms with Crippen molar-refractivity contribution in [3.8, 4) is 0 Å². The summed E-state index contributed by atoms with van der Waals surface area (Å²) in [5, 5.41) is 0. The lowest BCUT2D eigenvalue weighted by Gasteiger charge is -2.26. The van der Waals surface area contributed by atoms with Gasteiger partial charge in [0.2, 0.25) is 0 Å². The van der Waals surface area contributed by atoms with Crippen LogP contribution < -0.4 is 4.90 Å². The van der Waals surface area contributed by atoms with Crippen LogP contribution in [0.15, 0.2) is 24.3 Å². The Balaban J connectivity index is 2.38. The van der Waals surface area contributed by atoms with E-state index in [9.17, 15) is 4.79 Å². The number of carbonyl (C=O) groups is 1. The molecule has 0 aliphatic carbocycles. The average molecular weight is 204 g/mol. The molecule has 1 aromatic carbocycles. The van der Waals surface area contributed by atoms with Gasteiger partial charge in [-0.1, -0.05) is 18.2 Å². The van der Waals surface area contributed by atoms with Gasteiger partial charge in [-0.25, -0.2) is 4.79 Å². The van der Waals surface area contributed by atoms with Crippen LogP contribution in [0.2, 0.25) is 0 Å². The molecule has 1 heterocycles. The first-order valence-electron chi connectivity index (χ1n) is 5.19.